The van der Waals surface area contributed by atoms with E-state index in [1.165, 1.54) is 5.56 Å². The fourth-order valence-electron chi connectivity index (χ4n) is 4.27. The molecular formula is C22H26BrN3O2. The van der Waals surface area contributed by atoms with Crippen molar-refractivity contribution in [1.29, 1.82) is 0 Å². The molecular weight excluding hydrogens is 418 g/mol. The van der Waals surface area contributed by atoms with E-state index in [0.717, 1.165) is 55.6 Å². The van der Waals surface area contributed by atoms with Gasteiger partial charge < -0.3 is 9.64 Å². The average Bonchev–Trinajstić information content (AvgIpc) is 2.75. The van der Waals surface area contributed by atoms with Crippen LogP contribution in [0, 0.1) is 0 Å². The van der Waals surface area contributed by atoms with Crippen molar-refractivity contribution >= 4 is 21.8 Å². The number of benzene rings is 1. The summed E-state index contributed by atoms with van der Waals surface area (Å²) in [4.78, 5) is 22.2. The van der Waals surface area contributed by atoms with Gasteiger partial charge in [-0.1, -0.05) is 28.1 Å². The zero-order valence-corrected chi connectivity index (χ0v) is 17.6. The molecule has 2 aliphatic rings. The third-order valence-corrected chi connectivity index (χ3v) is 6.50. The lowest BCUT2D eigenvalue weighted by Crippen LogP contribution is -2.55. The second-order valence-electron chi connectivity index (χ2n) is 7.63. The van der Waals surface area contributed by atoms with Crippen molar-refractivity contribution in [2.45, 2.75) is 24.8 Å². The quantitative estimate of drug-likeness (QED) is 0.727. The lowest BCUT2D eigenvalue weighted by molar-refractivity contribution is -0.143. The maximum atomic E-state index is 13.7. The Morgan fingerprint density at radius 2 is 1.64 bits per heavy atom. The van der Waals surface area contributed by atoms with Crippen LogP contribution < -0.4 is 0 Å². The highest BCUT2D eigenvalue weighted by molar-refractivity contribution is 9.10. The van der Waals surface area contributed by atoms with Crippen molar-refractivity contribution < 1.29 is 9.53 Å². The first-order valence-electron chi connectivity index (χ1n) is 9.92. The number of hydrogen-bond acceptors (Lipinski definition) is 4. The molecule has 28 heavy (non-hydrogen) atoms. The Balaban J connectivity index is 1.45. The minimum absolute atomic E-state index is 0.265. The molecule has 1 amide bonds. The first kappa shape index (κ1) is 19.6. The summed E-state index contributed by atoms with van der Waals surface area (Å²) in [6.07, 6.45) is 5.18. The standard InChI is InChI=1S/C22H26BrN3O2/c23-20-3-1-19(2-4-20)22(7-15-28-16-8-22)21(27)26-13-11-25(12-14-26)17-18-5-9-24-10-6-18/h1-6,9-10H,7-8,11-17H2. The number of hydrogen-bond donors (Lipinski definition) is 0. The molecule has 2 saturated heterocycles. The second-order valence-corrected chi connectivity index (χ2v) is 8.54. The number of rotatable bonds is 4. The van der Waals surface area contributed by atoms with Crippen molar-refractivity contribution in [2.75, 3.05) is 39.4 Å². The molecule has 4 rings (SSSR count). The Hall–Kier alpha value is -1.76. The van der Waals surface area contributed by atoms with Crippen LogP contribution in [0.2, 0.25) is 0 Å². The van der Waals surface area contributed by atoms with Gasteiger partial charge in [-0.15, -0.1) is 0 Å². The number of piperazine rings is 1. The lowest BCUT2D eigenvalue weighted by atomic mass is 9.73. The summed E-state index contributed by atoms with van der Waals surface area (Å²) < 4.78 is 6.64. The van der Waals surface area contributed by atoms with Gasteiger partial charge in [-0.25, -0.2) is 0 Å². The van der Waals surface area contributed by atoms with Crippen LogP contribution in [0.15, 0.2) is 53.3 Å². The monoisotopic (exact) mass is 443 g/mol. The van der Waals surface area contributed by atoms with Gasteiger partial charge in [0.2, 0.25) is 5.91 Å². The van der Waals surface area contributed by atoms with Crippen molar-refractivity contribution in [3.63, 3.8) is 0 Å². The molecule has 0 unspecified atom stereocenters. The normalized spacial score (nSPS) is 20.1. The Labute approximate surface area is 174 Å². The smallest absolute Gasteiger partial charge is 0.233 e. The molecule has 6 heteroatoms. The van der Waals surface area contributed by atoms with E-state index in [2.05, 4.69) is 55.0 Å². The molecule has 0 radical (unpaired) electrons. The molecule has 0 atom stereocenters. The number of nitrogens with zero attached hydrogens (tertiary/aromatic N) is 3. The van der Waals surface area contributed by atoms with E-state index in [4.69, 9.17) is 4.74 Å². The fraction of sp³-hybridized carbons (Fsp3) is 0.455. The molecule has 5 nitrogen and oxygen atoms in total. The van der Waals surface area contributed by atoms with Gasteiger partial charge >= 0.3 is 0 Å². The topological polar surface area (TPSA) is 45.7 Å². The summed E-state index contributed by atoms with van der Waals surface area (Å²) in [5, 5.41) is 0. The molecule has 1 aromatic heterocycles. The molecule has 1 aromatic carbocycles. The Morgan fingerprint density at radius 1 is 1.00 bits per heavy atom. The maximum Gasteiger partial charge on any atom is 0.233 e. The minimum atomic E-state index is -0.452. The van der Waals surface area contributed by atoms with Crippen LogP contribution in [-0.4, -0.2) is 60.1 Å². The predicted molar refractivity (Wildman–Crippen MR) is 112 cm³/mol. The highest BCUT2D eigenvalue weighted by Gasteiger charge is 2.44. The summed E-state index contributed by atoms with van der Waals surface area (Å²) in [6.45, 7) is 5.57. The van der Waals surface area contributed by atoms with Crippen LogP contribution in [0.4, 0.5) is 0 Å². The molecule has 0 aliphatic carbocycles. The Morgan fingerprint density at radius 3 is 2.29 bits per heavy atom. The summed E-state index contributed by atoms with van der Waals surface area (Å²) in [5.74, 6) is 0.265. The maximum absolute atomic E-state index is 13.7. The highest BCUT2D eigenvalue weighted by Crippen LogP contribution is 2.37. The first-order chi connectivity index (χ1) is 13.7. The van der Waals surface area contributed by atoms with Crippen LogP contribution in [0.1, 0.15) is 24.0 Å². The number of carbonyl (C=O) groups is 1. The number of halogens is 1. The van der Waals surface area contributed by atoms with Crippen LogP contribution >= 0.6 is 15.9 Å². The molecule has 2 aliphatic heterocycles. The predicted octanol–water partition coefficient (Wildman–Crippen LogP) is 3.24. The van der Waals surface area contributed by atoms with Crippen LogP contribution in [0.5, 0.6) is 0 Å². The van der Waals surface area contributed by atoms with Crippen molar-refractivity contribution in [3.05, 3.63) is 64.4 Å². The number of amides is 1. The van der Waals surface area contributed by atoms with Crippen molar-refractivity contribution in [3.8, 4) is 0 Å². The van der Waals surface area contributed by atoms with E-state index in [-0.39, 0.29) is 5.91 Å². The third-order valence-electron chi connectivity index (χ3n) is 5.97. The molecule has 0 spiro atoms. The number of ether oxygens (including phenoxy) is 1. The van der Waals surface area contributed by atoms with E-state index in [1.54, 1.807) is 0 Å². The number of aromatic nitrogens is 1. The second kappa shape index (κ2) is 8.72. The summed E-state index contributed by atoms with van der Waals surface area (Å²) in [5.41, 5.74) is 1.93. The van der Waals surface area contributed by atoms with Gasteiger partial charge in [0.25, 0.3) is 0 Å². The summed E-state index contributed by atoms with van der Waals surface area (Å²) in [6, 6.07) is 12.4. The molecule has 2 fully saturated rings. The van der Waals surface area contributed by atoms with Gasteiger partial charge in [0.05, 0.1) is 5.41 Å². The Kier molecular flexibility index (Phi) is 6.09. The first-order valence-corrected chi connectivity index (χ1v) is 10.7. The molecule has 0 bridgehead atoms. The lowest BCUT2D eigenvalue weighted by Gasteiger charge is -2.43. The number of carbonyl (C=O) groups excluding carboxylic acids is 1. The van der Waals surface area contributed by atoms with E-state index in [0.29, 0.717) is 13.2 Å². The van der Waals surface area contributed by atoms with Gasteiger partial charge in [0, 0.05) is 62.8 Å². The van der Waals surface area contributed by atoms with E-state index in [1.807, 2.05) is 24.5 Å². The van der Waals surface area contributed by atoms with Crippen molar-refractivity contribution in [1.82, 2.24) is 14.8 Å². The molecule has 3 heterocycles. The fourth-order valence-corrected chi connectivity index (χ4v) is 4.54. The molecule has 0 saturated carbocycles. The SMILES string of the molecule is O=C(N1CCN(Cc2ccncc2)CC1)C1(c2ccc(Br)cc2)CCOCC1. The molecule has 0 N–H and O–H groups in total. The van der Waals surface area contributed by atoms with Gasteiger partial charge in [-0.05, 0) is 48.2 Å². The zero-order chi connectivity index (χ0) is 19.4. The third kappa shape index (κ3) is 4.14. The molecule has 148 valence electrons. The van der Waals surface area contributed by atoms with E-state index < -0.39 is 5.41 Å². The van der Waals surface area contributed by atoms with Crippen LogP contribution in [-0.2, 0) is 21.5 Å². The Bertz CT molecular complexity index is 783. The summed E-state index contributed by atoms with van der Waals surface area (Å²) >= 11 is 3.50. The van der Waals surface area contributed by atoms with Crippen LogP contribution in [0.25, 0.3) is 0 Å². The zero-order valence-electron chi connectivity index (χ0n) is 16.0. The highest BCUT2D eigenvalue weighted by atomic mass is 79.9. The van der Waals surface area contributed by atoms with Gasteiger partial charge in [-0.2, -0.15) is 0 Å². The van der Waals surface area contributed by atoms with Crippen LogP contribution in [0.3, 0.4) is 0 Å². The van der Waals surface area contributed by atoms with E-state index in [9.17, 15) is 4.79 Å². The minimum Gasteiger partial charge on any atom is -0.381 e. The van der Waals surface area contributed by atoms with Gasteiger partial charge in [0.1, 0.15) is 0 Å². The van der Waals surface area contributed by atoms with E-state index >= 15 is 0 Å². The number of pyridine rings is 1. The van der Waals surface area contributed by atoms with Gasteiger partial charge in [0.15, 0.2) is 0 Å². The van der Waals surface area contributed by atoms with Gasteiger partial charge in [-0.3, -0.25) is 14.7 Å². The summed E-state index contributed by atoms with van der Waals surface area (Å²) in [7, 11) is 0. The largest absolute Gasteiger partial charge is 0.381 e. The molecule has 2 aromatic rings. The average molecular weight is 444 g/mol. The van der Waals surface area contributed by atoms with Crippen molar-refractivity contribution in [2.24, 2.45) is 0 Å².